The zero-order chi connectivity index (χ0) is 16.8. The molecule has 2 unspecified atom stereocenters. The van der Waals surface area contributed by atoms with Crippen LogP contribution >= 0.6 is 0 Å². The standard InChI is InChI=1S/C15H28N2O4S/c1-12-7-4-5-8-13(12)16-14(18)11-22(20,21)10-6-9-15(19)17(2)3/h12-13H,4-11H2,1-3H3,(H,16,18). The van der Waals surface area contributed by atoms with Crippen LogP contribution in [0.4, 0.5) is 0 Å². The fourth-order valence-electron chi connectivity index (χ4n) is 2.72. The van der Waals surface area contributed by atoms with Gasteiger partial charge in [-0.1, -0.05) is 19.8 Å². The van der Waals surface area contributed by atoms with Gasteiger partial charge in [0.25, 0.3) is 0 Å². The molecule has 1 aliphatic rings. The van der Waals surface area contributed by atoms with Crippen LogP contribution < -0.4 is 5.32 Å². The highest BCUT2D eigenvalue weighted by atomic mass is 32.2. The van der Waals surface area contributed by atoms with Crippen molar-refractivity contribution >= 4 is 21.7 Å². The molecule has 0 spiro atoms. The molecular formula is C15H28N2O4S. The molecule has 0 aromatic rings. The molecule has 1 aliphatic carbocycles. The Bertz CT molecular complexity index is 488. The van der Waals surface area contributed by atoms with Crippen molar-refractivity contribution in [3.05, 3.63) is 0 Å². The maximum absolute atomic E-state index is 11.9. The molecule has 2 atom stereocenters. The van der Waals surface area contributed by atoms with Crippen molar-refractivity contribution in [1.82, 2.24) is 10.2 Å². The van der Waals surface area contributed by atoms with Crippen LogP contribution in [0.15, 0.2) is 0 Å². The molecule has 1 N–H and O–H groups in total. The van der Waals surface area contributed by atoms with Crippen LogP contribution in [0.2, 0.25) is 0 Å². The SMILES string of the molecule is CC1CCCCC1NC(=O)CS(=O)(=O)CCCC(=O)N(C)C. The van der Waals surface area contributed by atoms with Gasteiger partial charge in [0.1, 0.15) is 5.75 Å². The number of amides is 2. The molecule has 1 saturated carbocycles. The molecule has 1 rings (SSSR count). The third-order valence-corrected chi connectivity index (χ3v) is 5.77. The van der Waals surface area contributed by atoms with Crippen LogP contribution in [0, 0.1) is 5.92 Å². The fraction of sp³-hybridized carbons (Fsp3) is 0.867. The number of carbonyl (C=O) groups is 2. The summed E-state index contributed by atoms with van der Waals surface area (Å²) in [6.07, 6.45) is 4.69. The summed E-state index contributed by atoms with van der Waals surface area (Å²) in [6.45, 7) is 2.09. The average Bonchev–Trinajstić information content (AvgIpc) is 2.40. The van der Waals surface area contributed by atoms with Gasteiger partial charge in [-0.15, -0.1) is 0 Å². The van der Waals surface area contributed by atoms with Crippen LogP contribution in [-0.2, 0) is 19.4 Å². The number of nitrogens with one attached hydrogen (secondary N) is 1. The van der Waals surface area contributed by atoms with Crippen LogP contribution in [0.1, 0.15) is 45.4 Å². The van der Waals surface area contributed by atoms with Gasteiger partial charge in [0.2, 0.25) is 11.8 Å². The number of rotatable bonds is 7. The smallest absolute Gasteiger partial charge is 0.235 e. The van der Waals surface area contributed by atoms with Gasteiger partial charge in [0, 0.05) is 26.6 Å². The highest BCUT2D eigenvalue weighted by Gasteiger charge is 2.25. The van der Waals surface area contributed by atoms with Crippen LogP contribution in [0.3, 0.4) is 0 Å². The van der Waals surface area contributed by atoms with Gasteiger partial charge in [0.05, 0.1) is 5.75 Å². The molecule has 0 aliphatic heterocycles. The van der Waals surface area contributed by atoms with E-state index in [0.717, 1.165) is 19.3 Å². The Morgan fingerprint density at radius 3 is 2.41 bits per heavy atom. The van der Waals surface area contributed by atoms with E-state index in [9.17, 15) is 18.0 Å². The minimum absolute atomic E-state index is 0.0896. The summed E-state index contributed by atoms with van der Waals surface area (Å²) in [5, 5.41) is 2.85. The van der Waals surface area contributed by atoms with Gasteiger partial charge in [-0.2, -0.15) is 0 Å². The highest BCUT2D eigenvalue weighted by Crippen LogP contribution is 2.23. The molecule has 22 heavy (non-hydrogen) atoms. The lowest BCUT2D eigenvalue weighted by Gasteiger charge is -2.29. The minimum Gasteiger partial charge on any atom is -0.352 e. The number of carbonyl (C=O) groups excluding carboxylic acids is 2. The van der Waals surface area contributed by atoms with Gasteiger partial charge in [-0.25, -0.2) is 8.42 Å². The van der Waals surface area contributed by atoms with Gasteiger partial charge in [-0.3, -0.25) is 9.59 Å². The Kier molecular flexibility index (Phi) is 7.32. The van der Waals surface area contributed by atoms with Crippen LogP contribution in [-0.4, -0.2) is 56.8 Å². The second kappa shape index (κ2) is 8.50. The van der Waals surface area contributed by atoms with E-state index in [-0.39, 0.29) is 30.5 Å². The maximum Gasteiger partial charge on any atom is 0.235 e. The maximum atomic E-state index is 11.9. The molecule has 0 aromatic carbocycles. The molecular weight excluding hydrogens is 304 g/mol. The predicted octanol–water partition coefficient (Wildman–Crippen LogP) is 0.965. The number of hydrogen-bond donors (Lipinski definition) is 1. The first-order valence-corrected chi connectivity index (χ1v) is 9.73. The molecule has 0 radical (unpaired) electrons. The van der Waals surface area contributed by atoms with Crippen molar-refractivity contribution in [3.8, 4) is 0 Å². The number of sulfone groups is 1. The molecule has 0 bridgehead atoms. The Morgan fingerprint density at radius 2 is 1.82 bits per heavy atom. The first kappa shape index (κ1) is 18.9. The van der Waals surface area contributed by atoms with Gasteiger partial charge in [0.15, 0.2) is 9.84 Å². The molecule has 128 valence electrons. The quantitative estimate of drug-likeness (QED) is 0.753. The summed E-state index contributed by atoms with van der Waals surface area (Å²) >= 11 is 0. The Labute approximate surface area is 133 Å². The first-order chi connectivity index (χ1) is 10.2. The van der Waals surface area contributed by atoms with Crippen molar-refractivity contribution < 1.29 is 18.0 Å². The molecule has 0 aromatic heterocycles. The van der Waals surface area contributed by atoms with Crippen molar-refractivity contribution in [2.75, 3.05) is 25.6 Å². The molecule has 0 heterocycles. The van der Waals surface area contributed by atoms with E-state index in [2.05, 4.69) is 12.2 Å². The third kappa shape index (κ3) is 6.77. The number of hydrogen-bond acceptors (Lipinski definition) is 4. The van der Waals surface area contributed by atoms with Crippen molar-refractivity contribution in [1.29, 1.82) is 0 Å². The molecule has 2 amide bonds. The van der Waals surface area contributed by atoms with E-state index in [1.807, 2.05) is 0 Å². The Balaban J connectivity index is 2.36. The third-order valence-electron chi connectivity index (χ3n) is 4.15. The summed E-state index contributed by atoms with van der Waals surface area (Å²) in [5.41, 5.74) is 0. The fourth-order valence-corrected chi connectivity index (χ4v) is 3.93. The second-order valence-corrected chi connectivity index (χ2v) is 8.60. The zero-order valence-electron chi connectivity index (χ0n) is 13.8. The number of nitrogens with zero attached hydrogens (tertiary/aromatic N) is 1. The minimum atomic E-state index is -3.45. The first-order valence-electron chi connectivity index (χ1n) is 7.91. The Hall–Kier alpha value is -1.11. The van der Waals surface area contributed by atoms with Crippen molar-refractivity contribution in [2.24, 2.45) is 5.92 Å². The summed E-state index contributed by atoms with van der Waals surface area (Å²) in [4.78, 5) is 24.7. The normalized spacial score (nSPS) is 22.1. The van der Waals surface area contributed by atoms with E-state index in [4.69, 9.17) is 0 Å². The lowest BCUT2D eigenvalue weighted by molar-refractivity contribution is -0.128. The topological polar surface area (TPSA) is 83.5 Å². The monoisotopic (exact) mass is 332 g/mol. The summed E-state index contributed by atoms with van der Waals surface area (Å²) in [6, 6.07) is 0.0896. The zero-order valence-corrected chi connectivity index (χ0v) is 14.6. The predicted molar refractivity (Wildman–Crippen MR) is 86.1 cm³/mol. The summed E-state index contributed by atoms with van der Waals surface area (Å²) in [7, 11) is -0.184. The van der Waals surface area contributed by atoms with Crippen molar-refractivity contribution in [2.45, 2.75) is 51.5 Å². The average molecular weight is 332 g/mol. The molecule has 0 saturated heterocycles. The highest BCUT2D eigenvalue weighted by molar-refractivity contribution is 7.92. The van der Waals surface area contributed by atoms with Gasteiger partial charge in [-0.05, 0) is 25.2 Å². The second-order valence-electron chi connectivity index (χ2n) is 6.42. The summed E-state index contributed by atoms with van der Waals surface area (Å²) < 4.78 is 23.9. The van der Waals surface area contributed by atoms with Crippen molar-refractivity contribution in [3.63, 3.8) is 0 Å². The molecule has 7 heteroatoms. The van der Waals surface area contributed by atoms with E-state index in [1.54, 1.807) is 14.1 Å². The van der Waals surface area contributed by atoms with Gasteiger partial charge >= 0.3 is 0 Å². The lowest BCUT2D eigenvalue weighted by Crippen LogP contribution is -2.43. The van der Waals surface area contributed by atoms with E-state index in [0.29, 0.717) is 5.92 Å². The van der Waals surface area contributed by atoms with Gasteiger partial charge < -0.3 is 10.2 Å². The Morgan fingerprint density at radius 1 is 1.18 bits per heavy atom. The largest absolute Gasteiger partial charge is 0.352 e. The molecule has 6 nitrogen and oxygen atoms in total. The van der Waals surface area contributed by atoms with Crippen LogP contribution in [0.25, 0.3) is 0 Å². The molecule has 1 fully saturated rings. The van der Waals surface area contributed by atoms with Crippen LogP contribution in [0.5, 0.6) is 0 Å². The van der Waals surface area contributed by atoms with E-state index >= 15 is 0 Å². The lowest BCUT2D eigenvalue weighted by atomic mass is 9.86. The summed E-state index contributed by atoms with van der Waals surface area (Å²) in [5.74, 6) is -0.724. The van der Waals surface area contributed by atoms with E-state index < -0.39 is 21.5 Å². The van der Waals surface area contributed by atoms with E-state index in [1.165, 1.54) is 11.3 Å².